The Balaban J connectivity index is 3.24. The lowest BCUT2D eigenvalue weighted by atomic mass is 10.0. The first-order valence-corrected chi connectivity index (χ1v) is 11.7. The number of rotatable bonds is 15. The number of likely N-dealkylation sites (N-methyl/N-ethyl adjacent to an activating group) is 1. The van der Waals surface area contributed by atoms with Gasteiger partial charge in [0, 0.05) is 41.8 Å². The van der Waals surface area contributed by atoms with Gasteiger partial charge in [0.1, 0.15) is 17.7 Å². The zero-order valence-corrected chi connectivity index (χ0v) is 20.9. The van der Waals surface area contributed by atoms with Gasteiger partial charge in [-0.1, -0.05) is 51.6 Å². The van der Waals surface area contributed by atoms with Gasteiger partial charge in [-0.2, -0.15) is 5.26 Å². The number of hydrogen-bond acceptors (Lipinski definition) is 4. The Morgan fingerprint density at radius 2 is 1.94 bits per heavy atom. The van der Waals surface area contributed by atoms with E-state index in [0.717, 1.165) is 43.0 Å². The van der Waals surface area contributed by atoms with Crippen molar-refractivity contribution in [1.29, 1.82) is 5.26 Å². The Hall–Kier alpha value is -3.17. The molecule has 4 nitrogen and oxygen atoms in total. The Morgan fingerprint density at radius 3 is 2.50 bits per heavy atom. The Kier molecular flexibility index (Phi) is 12.6. The third-order valence-electron chi connectivity index (χ3n) is 5.54. The van der Waals surface area contributed by atoms with E-state index in [-0.39, 0.29) is 11.6 Å². The summed E-state index contributed by atoms with van der Waals surface area (Å²) in [4.78, 5) is 1.98. The minimum Gasteiger partial charge on any atom is -0.378 e. The molecule has 2 unspecified atom stereocenters. The Bertz CT molecular complexity index is 956. The molecule has 1 aromatic rings. The van der Waals surface area contributed by atoms with Crippen molar-refractivity contribution in [3.05, 3.63) is 96.0 Å². The van der Waals surface area contributed by atoms with E-state index >= 15 is 0 Å². The van der Waals surface area contributed by atoms with Gasteiger partial charge in [0.2, 0.25) is 0 Å². The number of unbranched alkanes of at least 4 members (excludes halogenated alkanes) is 2. The quantitative estimate of drug-likeness (QED) is 0.172. The van der Waals surface area contributed by atoms with Crippen LogP contribution in [0, 0.1) is 23.0 Å². The zero-order chi connectivity index (χ0) is 25.7. The fourth-order valence-corrected chi connectivity index (χ4v) is 3.45. The predicted molar refractivity (Wildman–Crippen MR) is 138 cm³/mol. The van der Waals surface area contributed by atoms with Crippen LogP contribution in [0.15, 0.2) is 78.8 Å². The van der Waals surface area contributed by atoms with E-state index in [1.807, 2.05) is 24.9 Å². The van der Waals surface area contributed by atoms with Gasteiger partial charge >= 0.3 is 0 Å². The van der Waals surface area contributed by atoms with E-state index in [9.17, 15) is 14.0 Å². The van der Waals surface area contributed by atoms with Crippen LogP contribution in [0.5, 0.6) is 0 Å². The first-order chi connectivity index (χ1) is 16.2. The van der Waals surface area contributed by atoms with Gasteiger partial charge in [-0.05, 0) is 51.5 Å². The van der Waals surface area contributed by atoms with Gasteiger partial charge in [0.15, 0.2) is 0 Å². The summed E-state index contributed by atoms with van der Waals surface area (Å²) in [7, 11) is 1.88. The molecule has 0 aliphatic carbocycles. The van der Waals surface area contributed by atoms with Crippen LogP contribution in [-0.2, 0) is 0 Å². The van der Waals surface area contributed by atoms with Crippen molar-refractivity contribution in [3.8, 4) is 6.07 Å². The highest BCUT2D eigenvalue weighted by Gasteiger charge is 2.17. The minimum atomic E-state index is -0.653. The fourth-order valence-electron chi connectivity index (χ4n) is 3.45. The molecule has 2 atom stereocenters. The highest BCUT2D eigenvalue weighted by molar-refractivity contribution is 5.42. The number of nitrogens with zero attached hydrogens (tertiary/aromatic N) is 2. The van der Waals surface area contributed by atoms with Gasteiger partial charge in [0.25, 0.3) is 0 Å². The van der Waals surface area contributed by atoms with Crippen molar-refractivity contribution in [2.45, 2.75) is 58.5 Å². The van der Waals surface area contributed by atoms with E-state index < -0.39 is 17.7 Å². The largest absolute Gasteiger partial charge is 0.378 e. The second-order valence-corrected chi connectivity index (χ2v) is 8.36. The zero-order valence-electron chi connectivity index (χ0n) is 20.9. The summed E-state index contributed by atoms with van der Waals surface area (Å²) < 4.78 is 27.5. The molecule has 0 aliphatic rings. The van der Waals surface area contributed by atoms with E-state index in [0.29, 0.717) is 17.8 Å². The molecule has 0 heterocycles. The molecular formula is C28H38F2N4. The second kappa shape index (κ2) is 14.9. The van der Waals surface area contributed by atoms with Gasteiger partial charge in [0.05, 0.1) is 11.6 Å². The average Bonchev–Trinajstić information content (AvgIpc) is 2.79. The summed E-state index contributed by atoms with van der Waals surface area (Å²) in [6.07, 6.45) is 9.45. The number of nitrogens with one attached hydrogen (secondary N) is 2. The molecule has 0 saturated carbocycles. The van der Waals surface area contributed by atoms with Crippen LogP contribution < -0.4 is 10.6 Å². The van der Waals surface area contributed by atoms with Gasteiger partial charge in [-0.3, -0.25) is 0 Å². The molecule has 184 valence electrons. The summed E-state index contributed by atoms with van der Waals surface area (Å²) in [5.41, 5.74) is 2.78. The lowest BCUT2D eigenvalue weighted by Crippen LogP contribution is -2.35. The molecule has 0 amide bonds. The minimum absolute atomic E-state index is 0.126. The second-order valence-electron chi connectivity index (χ2n) is 8.36. The van der Waals surface area contributed by atoms with E-state index in [1.165, 1.54) is 12.1 Å². The van der Waals surface area contributed by atoms with E-state index in [1.54, 1.807) is 19.2 Å². The van der Waals surface area contributed by atoms with Gasteiger partial charge in [-0.25, -0.2) is 8.78 Å². The summed E-state index contributed by atoms with van der Waals surface area (Å²) >= 11 is 0. The maximum atomic E-state index is 14.2. The Morgan fingerprint density at radius 1 is 1.24 bits per heavy atom. The summed E-state index contributed by atoms with van der Waals surface area (Å²) in [6, 6.07) is 5.24. The molecule has 0 radical (unpaired) electrons. The number of allylic oxidation sites excluding steroid dienone is 4. The molecule has 1 aromatic carbocycles. The molecule has 0 saturated heterocycles. The molecule has 0 aliphatic heterocycles. The third-order valence-corrected chi connectivity index (χ3v) is 5.54. The molecule has 2 N–H and O–H groups in total. The number of benzene rings is 1. The lowest BCUT2D eigenvalue weighted by Gasteiger charge is -2.29. The molecule has 34 heavy (non-hydrogen) atoms. The van der Waals surface area contributed by atoms with Crippen molar-refractivity contribution >= 4 is 0 Å². The van der Waals surface area contributed by atoms with Crippen LogP contribution in [0.25, 0.3) is 0 Å². The summed E-state index contributed by atoms with van der Waals surface area (Å²) in [6.45, 7) is 18.6. The highest BCUT2D eigenvalue weighted by atomic mass is 19.1. The average molecular weight is 469 g/mol. The van der Waals surface area contributed by atoms with Crippen molar-refractivity contribution in [3.63, 3.8) is 0 Å². The van der Waals surface area contributed by atoms with Gasteiger partial charge < -0.3 is 15.5 Å². The number of nitriles is 1. The molecule has 1 rings (SSSR count). The summed E-state index contributed by atoms with van der Waals surface area (Å²) in [5.74, 6) is -1.29. The van der Waals surface area contributed by atoms with Crippen LogP contribution in [-0.4, -0.2) is 24.5 Å². The first kappa shape index (κ1) is 28.9. The van der Waals surface area contributed by atoms with Crippen molar-refractivity contribution in [1.82, 2.24) is 15.5 Å². The third kappa shape index (κ3) is 8.99. The van der Waals surface area contributed by atoms with Crippen LogP contribution in [0.3, 0.4) is 0 Å². The lowest BCUT2D eigenvalue weighted by molar-refractivity contribution is 0.403. The van der Waals surface area contributed by atoms with Crippen LogP contribution >= 0.6 is 0 Å². The van der Waals surface area contributed by atoms with E-state index in [4.69, 9.17) is 0 Å². The molecule has 0 aromatic heterocycles. The maximum Gasteiger partial charge on any atom is 0.131 e. The normalized spacial score (nSPS) is 13.6. The summed E-state index contributed by atoms with van der Waals surface area (Å²) in [5, 5.41) is 16.2. The maximum absolute atomic E-state index is 14.2. The number of halogens is 2. The van der Waals surface area contributed by atoms with E-state index in [2.05, 4.69) is 43.4 Å². The first-order valence-electron chi connectivity index (χ1n) is 11.7. The molecule has 6 heteroatoms. The van der Waals surface area contributed by atoms with Crippen LogP contribution in [0.2, 0.25) is 0 Å². The SMILES string of the molecule is C=C/C=C(/C(=C)CCCCC)N(/C=C(\C#N)C(=C)NC(C)c1ccc(F)cc1F)CC(C)NC. The van der Waals surface area contributed by atoms with Gasteiger partial charge in [-0.15, -0.1) is 0 Å². The molecule has 0 fully saturated rings. The van der Waals surface area contributed by atoms with Crippen molar-refractivity contribution < 1.29 is 8.78 Å². The van der Waals surface area contributed by atoms with Crippen LogP contribution in [0.4, 0.5) is 8.78 Å². The van der Waals surface area contributed by atoms with Crippen molar-refractivity contribution in [2.24, 2.45) is 0 Å². The fraction of sp³-hybridized carbons (Fsp3) is 0.393. The number of hydrogen-bond donors (Lipinski definition) is 2. The standard InChI is InChI=1S/C28H38F2N4/c1-8-10-11-13-20(3)28(12-9-2)34(18-21(4)32-7)19-24(17-31)22(5)33-23(6)26-15-14-25(29)16-27(26)30/h9,12,14-16,19,21,23,32-33H,2-3,5,8,10-11,13,18H2,1,4,6-7H3/b24-19+,28-12-. The molecular weight excluding hydrogens is 430 g/mol. The Labute approximate surface area is 204 Å². The van der Waals surface area contributed by atoms with Crippen molar-refractivity contribution in [2.75, 3.05) is 13.6 Å². The highest BCUT2D eigenvalue weighted by Crippen LogP contribution is 2.24. The predicted octanol–water partition coefficient (Wildman–Crippen LogP) is 6.65. The monoisotopic (exact) mass is 468 g/mol. The smallest absolute Gasteiger partial charge is 0.131 e. The topological polar surface area (TPSA) is 51.1 Å². The molecule has 0 spiro atoms. The van der Waals surface area contributed by atoms with Crippen LogP contribution in [0.1, 0.15) is 58.1 Å². The molecule has 0 bridgehead atoms.